The summed E-state index contributed by atoms with van der Waals surface area (Å²) < 4.78 is 15.6. The normalized spacial score (nSPS) is 10.9. The van der Waals surface area contributed by atoms with Gasteiger partial charge in [-0.15, -0.1) is 0 Å². The van der Waals surface area contributed by atoms with Crippen molar-refractivity contribution in [3.05, 3.63) is 23.8 Å². The van der Waals surface area contributed by atoms with Gasteiger partial charge in [0.05, 0.1) is 20.3 Å². The smallest absolute Gasteiger partial charge is 0.319 e. The molecule has 0 radical (unpaired) electrons. The number of esters is 1. The number of ketones is 1. The van der Waals surface area contributed by atoms with E-state index in [1.807, 2.05) is 13.8 Å². The minimum absolute atomic E-state index is 0.321. The Morgan fingerprint density at radius 2 is 1.62 bits per heavy atom. The van der Waals surface area contributed by atoms with Crippen LogP contribution in [-0.4, -0.2) is 32.1 Å². The second-order valence-electron chi connectivity index (χ2n) is 4.97. The van der Waals surface area contributed by atoms with Crippen molar-refractivity contribution in [2.45, 2.75) is 27.7 Å². The highest BCUT2D eigenvalue weighted by atomic mass is 16.5. The maximum atomic E-state index is 12.5. The monoisotopic (exact) mass is 294 g/mol. The van der Waals surface area contributed by atoms with Crippen molar-refractivity contribution >= 4 is 11.8 Å². The van der Waals surface area contributed by atoms with E-state index >= 15 is 0 Å². The number of hydrogen-bond acceptors (Lipinski definition) is 5. The predicted molar refractivity (Wildman–Crippen MR) is 78.9 cm³/mol. The van der Waals surface area contributed by atoms with Crippen LogP contribution in [0.2, 0.25) is 0 Å². The standard InChI is InChI=1S/C16H22O5/c1-6-20-12-9-8-11(10-13(12)21-7-2)14(17)16(3,4)15(18)19-5/h8-10H,6-7H2,1-5H3. The second-order valence-corrected chi connectivity index (χ2v) is 4.97. The lowest BCUT2D eigenvalue weighted by atomic mass is 9.84. The molecule has 5 heteroatoms. The quantitative estimate of drug-likeness (QED) is 0.439. The van der Waals surface area contributed by atoms with E-state index in [1.165, 1.54) is 21.0 Å². The third-order valence-corrected chi connectivity index (χ3v) is 3.07. The zero-order chi connectivity index (χ0) is 16.0. The average Bonchev–Trinajstić information content (AvgIpc) is 2.47. The molecule has 0 atom stereocenters. The Kier molecular flexibility index (Phi) is 5.76. The molecule has 21 heavy (non-hydrogen) atoms. The van der Waals surface area contributed by atoms with Crippen LogP contribution in [0.1, 0.15) is 38.1 Å². The van der Waals surface area contributed by atoms with Crippen LogP contribution < -0.4 is 9.47 Å². The van der Waals surface area contributed by atoms with Gasteiger partial charge < -0.3 is 14.2 Å². The lowest BCUT2D eigenvalue weighted by Gasteiger charge is -2.20. The Hall–Kier alpha value is -2.04. The van der Waals surface area contributed by atoms with Gasteiger partial charge in [-0.2, -0.15) is 0 Å². The molecule has 0 spiro atoms. The van der Waals surface area contributed by atoms with Crippen LogP contribution in [0.15, 0.2) is 18.2 Å². The first-order valence-electron chi connectivity index (χ1n) is 6.91. The van der Waals surface area contributed by atoms with E-state index in [0.717, 1.165) is 0 Å². The summed E-state index contributed by atoms with van der Waals surface area (Å²) in [6.07, 6.45) is 0. The van der Waals surface area contributed by atoms with Gasteiger partial charge in [-0.25, -0.2) is 0 Å². The maximum Gasteiger partial charge on any atom is 0.319 e. The summed E-state index contributed by atoms with van der Waals surface area (Å²) in [5, 5.41) is 0. The summed E-state index contributed by atoms with van der Waals surface area (Å²) in [7, 11) is 1.27. The second kappa shape index (κ2) is 7.11. The summed E-state index contributed by atoms with van der Waals surface area (Å²) in [6, 6.07) is 4.90. The number of rotatable bonds is 7. The molecule has 1 rings (SSSR count). The van der Waals surface area contributed by atoms with E-state index in [0.29, 0.717) is 30.3 Å². The largest absolute Gasteiger partial charge is 0.490 e. The van der Waals surface area contributed by atoms with Crippen molar-refractivity contribution in [3.63, 3.8) is 0 Å². The molecule has 5 nitrogen and oxygen atoms in total. The minimum atomic E-state index is -1.24. The molecule has 0 bridgehead atoms. The summed E-state index contributed by atoms with van der Waals surface area (Å²) in [5.74, 6) is 0.176. The van der Waals surface area contributed by atoms with Gasteiger partial charge in [0.1, 0.15) is 5.41 Å². The maximum absolute atomic E-state index is 12.5. The molecule has 0 heterocycles. The molecule has 0 fully saturated rings. The van der Waals surface area contributed by atoms with Gasteiger partial charge in [-0.05, 0) is 45.9 Å². The average molecular weight is 294 g/mol. The number of benzene rings is 1. The zero-order valence-corrected chi connectivity index (χ0v) is 13.2. The van der Waals surface area contributed by atoms with Gasteiger partial charge in [0, 0.05) is 5.56 Å². The van der Waals surface area contributed by atoms with Crippen LogP contribution in [0.25, 0.3) is 0 Å². The van der Waals surface area contributed by atoms with E-state index in [2.05, 4.69) is 4.74 Å². The van der Waals surface area contributed by atoms with Gasteiger partial charge >= 0.3 is 5.97 Å². The van der Waals surface area contributed by atoms with Crippen LogP contribution in [0.5, 0.6) is 11.5 Å². The molecule has 0 aliphatic heterocycles. The van der Waals surface area contributed by atoms with Gasteiger partial charge in [0.2, 0.25) is 0 Å². The fraction of sp³-hybridized carbons (Fsp3) is 0.500. The Labute approximate surface area is 125 Å². The highest BCUT2D eigenvalue weighted by Crippen LogP contribution is 2.32. The van der Waals surface area contributed by atoms with Crippen LogP contribution in [-0.2, 0) is 9.53 Å². The van der Waals surface area contributed by atoms with Gasteiger partial charge in [0.15, 0.2) is 17.3 Å². The minimum Gasteiger partial charge on any atom is -0.490 e. The Bertz CT molecular complexity index is 519. The van der Waals surface area contributed by atoms with Crippen LogP contribution in [0.3, 0.4) is 0 Å². The molecule has 0 saturated carbocycles. The fourth-order valence-electron chi connectivity index (χ4n) is 1.90. The molecule has 0 unspecified atom stereocenters. The van der Waals surface area contributed by atoms with Crippen molar-refractivity contribution < 1.29 is 23.8 Å². The van der Waals surface area contributed by atoms with Crippen molar-refractivity contribution in [2.24, 2.45) is 5.41 Å². The molecule has 0 aliphatic rings. The first kappa shape index (κ1) is 17.0. The van der Waals surface area contributed by atoms with Gasteiger partial charge in [0.25, 0.3) is 0 Å². The predicted octanol–water partition coefficient (Wildman–Crippen LogP) is 2.87. The highest BCUT2D eigenvalue weighted by Gasteiger charge is 2.38. The highest BCUT2D eigenvalue weighted by molar-refractivity contribution is 6.12. The molecule has 0 aliphatic carbocycles. The summed E-state index contributed by atoms with van der Waals surface area (Å²) >= 11 is 0. The molecule has 0 amide bonds. The van der Waals surface area contributed by atoms with E-state index in [9.17, 15) is 9.59 Å². The van der Waals surface area contributed by atoms with Crippen molar-refractivity contribution in [1.82, 2.24) is 0 Å². The number of methoxy groups -OCH3 is 1. The number of ether oxygens (including phenoxy) is 3. The van der Waals surface area contributed by atoms with Gasteiger partial charge in [-0.3, -0.25) is 9.59 Å². The molecule has 116 valence electrons. The van der Waals surface area contributed by atoms with Crippen LogP contribution in [0.4, 0.5) is 0 Å². The SMILES string of the molecule is CCOc1ccc(C(=O)C(C)(C)C(=O)OC)cc1OCC. The fourth-order valence-corrected chi connectivity index (χ4v) is 1.90. The topological polar surface area (TPSA) is 61.8 Å². The molecule has 0 N–H and O–H groups in total. The van der Waals surface area contributed by atoms with Gasteiger partial charge in [-0.1, -0.05) is 0 Å². The van der Waals surface area contributed by atoms with E-state index in [4.69, 9.17) is 9.47 Å². The first-order valence-corrected chi connectivity index (χ1v) is 6.91. The Morgan fingerprint density at radius 3 is 2.14 bits per heavy atom. The number of carbonyl (C=O) groups excluding carboxylic acids is 2. The van der Waals surface area contributed by atoms with Crippen molar-refractivity contribution in [2.75, 3.05) is 20.3 Å². The number of hydrogen-bond donors (Lipinski definition) is 0. The molecule has 0 aromatic heterocycles. The zero-order valence-electron chi connectivity index (χ0n) is 13.2. The summed E-state index contributed by atoms with van der Waals surface area (Å²) in [6.45, 7) is 7.76. The first-order chi connectivity index (χ1) is 9.88. The lowest BCUT2D eigenvalue weighted by molar-refractivity contribution is -0.147. The van der Waals surface area contributed by atoms with E-state index < -0.39 is 11.4 Å². The lowest BCUT2D eigenvalue weighted by Crippen LogP contribution is -2.34. The molecule has 1 aromatic carbocycles. The molecule has 0 saturated heterocycles. The number of Topliss-reactive ketones (excluding diaryl/α,β-unsaturated/α-hetero) is 1. The summed E-state index contributed by atoms with van der Waals surface area (Å²) in [5.41, 5.74) is -0.858. The third-order valence-electron chi connectivity index (χ3n) is 3.07. The van der Waals surface area contributed by atoms with Crippen molar-refractivity contribution in [3.8, 4) is 11.5 Å². The molecular formula is C16H22O5. The van der Waals surface area contributed by atoms with Crippen LogP contribution >= 0.6 is 0 Å². The molecular weight excluding hydrogens is 272 g/mol. The van der Waals surface area contributed by atoms with E-state index in [1.54, 1.807) is 18.2 Å². The van der Waals surface area contributed by atoms with E-state index in [-0.39, 0.29) is 5.78 Å². The number of carbonyl (C=O) groups is 2. The Morgan fingerprint density at radius 1 is 1.05 bits per heavy atom. The Balaban J connectivity index is 3.16. The summed E-state index contributed by atoms with van der Waals surface area (Å²) in [4.78, 5) is 24.2. The van der Waals surface area contributed by atoms with Crippen molar-refractivity contribution in [1.29, 1.82) is 0 Å². The molecule has 1 aromatic rings. The van der Waals surface area contributed by atoms with Crippen LogP contribution in [0, 0.1) is 5.41 Å². The third kappa shape index (κ3) is 3.74.